The summed E-state index contributed by atoms with van der Waals surface area (Å²) >= 11 is 5.38. The fourth-order valence-electron chi connectivity index (χ4n) is 0.178. The molecule has 0 aromatic heterocycles. The number of hydrogen-bond acceptors (Lipinski definition) is 3. The van der Waals surface area contributed by atoms with E-state index in [2.05, 4.69) is 9.99 Å². The summed E-state index contributed by atoms with van der Waals surface area (Å²) in [6, 6.07) is 0. The van der Waals surface area contributed by atoms with E-state index in [-0.39, 0.29) is 0 Å². The van der Waals surface area contributed by atoms with E-state index < -0.39 is 5.97 Å². The van der Waals surface area contributed by atoms with E-state index in [9.17, 15) is 4.79 Å². The third-order valence-electron chi connectivity index (χ3n) is 0.565. The standard InChI is InChI=1S/C5H8ClNO2/c1-3-5(6)7-9-4(2)8/h3H2,1-2H3/b7-5+. The van der Waals surface area contributed by atoms with Crippen LogP contribution in [0.4, 0.5) is 0 Å². The number of rotatable bonds is 2. The Morgan fingerprint density at radius 3 is 2.67 bits per heavy atom. The molecule has 0 rings (SSSR count). The highest BCUT2D eigenvalue weighted by molar-refractivity contribution is 6.65. The zero-order valence-electron chi connectivity index (χ0n) is 5.35. The first-order chi connectivity index (χ1) is 4.16. The molecule has 0 aliphatic heterocycles. The van der Waals surface area contributed by atoms with Crippen molar-refractivity contribution in [2.24, 2.45) is 5.16 Å². The van der Waals surface area contributed by atoms with Crippen LogP contribution in [0, 0.1) is 0 Å². The van der Waals surface area contributed by atoms with E-state index >= 15 is 0 Å². The molecule has 0 aromatic carbocycles. The topological polar surface area (TPSA) is 38.7 Å². The minimum atomic E-state index is -0.457. The van der Waals surface area contributed by atoms with Gasteiger partial charge in [0, 0.05) is 13.3 Å². The molecular formula is C5H8ClNO2. The van der Waals surface area contributed by atoms with Gasteiger partial charge in [-0.25, -0.2) is 4.79 Å². The van der Waals surface area contributed by atoms with Crippen molar-refractivity contribution in [3.63, 3.8) is 0 Å². The molecular weight excluding hydrogens is 142 g/mol. The number of nitrogens with zero attached hydrogens (tertiary/aromatic N) is 1. The van der Waals surface area contributed by atoms with Crippen LogP contribution in [-0.2, 0) is 9.63 Å². The molecule has 9 heavy (non-hydrogen) atoms. The maximum atomic E-state index is 10.1. The molecule has 0 saturated heterocycles. The molecule has 0 atom stereocenters. The van der Waals surface area contributed by atoms with Crippen molar-refractivity contribution in [2.45, 2.75) is 20.3 Å². The highest BCUT2D eigenvalue weighted by atomic mass is 35.5. The van der Waals surface area contributed by atoms with Gasteiger partial charge in [0.25, 0.3) is 0 Å². The maximum absolute atomic E-state index is 10.1. The average molecular weight is 150 g/mol. The molecule has 0 N–H and O–H groups in total. The monoisotopic (exact) mass is 149 g/mol. The van der Waals surface area contributed by atoms with Gasteiger partial charge in [0.15, 0.2) is 0 Å². The zero-order valence-corrected chi connectivity index (χ0v) is 6.10. The van der Waals surface area contributed by atoms with Gasteiger partial charge in [0.1, 0.15) is 5.17 Å². The number of carbonyl (C=O) groups excluding carboxylic acids is 1. The molecule has 0 heterocycles. The van der Waals surface area contributed by atoms with Crippen LogP contribution in [0.1, 0.15) is 20.3 Å². The molecule has 0 aliphatic carbocycles. The van der Waals surface area contributed by atoms with Gasteiger partial charge in [-0.05, 0) is 0 Å². The Labute approximate surface area is 58.6 Å². The molecule has 0 fully saturated rings. The minimum absolute atomic E-state index is 0.296. The summed E-state index contributed by atoms with van der Waals surface area (Å²) < 4.78 is 0. The van der Waals surface area contributed by atoms with E-state index in [1.54, 1.807) is 0 Å². The predicted octanol–water partition coefficient (Wildman–Crippen LogP) is 1.51. The number of halogens is 1. The Morgan fingerprint density at radius 2 is 2.33 bits per heavy atom. The van der Waals surface area contributed by atoms with E-state index in [1.807, 2.05) is 6.92 Å². The van der Waals surface area contributed by atoms with Crippen LogP contribution in [0.2, 0.25) is 0 Å². The van der Waals surface area contributed by atoms with Gasteiger partial charge in [-0.15, -0.1) is 0 Å². The van der Waals surface area contributed by atoms with E-state index in [4.69, 9.17) is 11.6 Å². The van der Waals surface area contributed by atoms with E-state index in [0.29, 0.717) is 11.6 Å². The summed E-state index contributed by atoms with van der Waals surface area (Å²) in [6.45, 7) is 3.08. The summed E-state index contributed by atoms with van der Waals surface area (Å²) in [6.07, 6.45) is 0.578. The first-order valence-corrected chi connectivity index (χ1v) is 2.94. The SMILES string of the molecule is CC/C(Cl)=N\OC(C)=O. The Hall–Kier alpha value is -0.570. The van der Waals surface area contributed by atoms with Gasteiger partial charge in [0.05, 0.1) is 0 Å². The van der Waals surface area contributed by atoms with Crippen molar-refractivity contribution in [1.29, 1.82) is 0 Å². The van der Waals surface area contributed by atoms with Gasteiger partial charge in [0.2, 0.25) is 0 Å². The van der Waals surface area contributed by atoms with Crippen LogP contribution in [0.25, 0.3) is 0 Å². The quantitative estimate of drug-likeness (QED) is 0.339. The Balaban J connectivity index is 3.56. The number of carbonyl (C=O) groups is 1. The first kappa shape index (κ1) is 8.43. The van der Waals surface area contributed by atoms with Gasteiger partial charge >= 0.3 is 5.97 Å². The van der Waals surface area contributed by atoms with Crippen LogP contribution in [0.3, 0.4) is 0 Å². The van der Waals surface area contributed by atoms with E-state index in [0.717, 1.165) is 0 Å². The molecule has 4 heteroatoms. The van der Waals surface area contributed by atoms with Crippen molar-refractivity contribution in [2.75, 3.05) is 0 Å². The molecule has 0 amide bonds. The normalized spacial score (nSPS) is 11.2. The second-order valence-electron chi connectivity index (χ2n) is 1.40. The lowest BCUT2D eigenvalue weighted by Gasteiger charge is -1.89. The lowest BCUT2D eigenvalue weighted by atomic mass is 10.5. The fourth-order valence-corrected chi connectivity index (χ4v) is 0.213. The van der Waals surface area contributed by atoms with Crippen molar-refractivity contribution in [3.05, 3.63) is 0 Å². The number of oxime groups is 1. The van der Waals surface area contributed by atoms with Gasteiger partial charge in [-0.3, -0.25) is 0 Å². The fraction of sp³-hybridized carbons (Fsp3) is 0.600. The largest absolute Gasteiger partial charge is 0.332 e. The van der Waals surface area contributed by atoms with Crippen molar-refractivity contribution in [1.82, 2.24) is 0 Å². The second kappa shape index (κ2) is 4.32. The molecule has 0 spiro atoms. The second-order valence-corrected chi connectivity index (χ2v) is 1.84. The molecule has 0 unspecified atom stereocenters. The molecule has 0 aromatic rings. The van der Waals surface area contributed by atoms with Gasteiger partial charge in [-0.2, -0.15) is 0 Å². The minimum Gasteiger partial charge on any atom is -0.317 e. The van der Waals surface area contributed by atoms with E-state index in [1.165, 1.54) is 6.92 Å². The summed E-state index contributed by atoms with van der Waals surface area (Å²) in [5, 5.41) is 3.57. The predicted molar refractivity (Wildman–Crippen MR) is 35.3 cm³/mol. The summed E-state index contributed by atoms with van der Waals surface area (Å²) in [5.74, 6) is -0.457. The third-order valence-corrected chi connectivity index (χ3v) is 0.901. The van der Waals surface area contributed by atoms with Gasteiger partial charge in [-0.1, -0.05) is 23.7 Å². The van der Waals surface area contributed by atoms with Crippen molar-refractivity contribution >= 4 is 22.7 Å². The highest BCUT2D eigenvalue weighted by Gasteiger charge is 1.91. The van der Waals surface area contributed by atoms with Gasteiger partial charge < -0.3 is 4.84 Å². The van der Waals surface area contributed by atoms with Crippen LogP contribution < -0.4 is 0 Å². The highest BCUT2D eigenvalue weighted by Crippen LogP contribution is 1.92. The number of hydrogen-bond donors (Lipinski definition) is 0. The molecule has 0 aliphatic rings. The Bertz CT molecular complexity index is 133. The Morgan fingerprint density at radius 1 is 1.78 bits per heavy atom. The molecule has 3 nitrogen and oxygen atoms in total. The van der Waals surface area contributed by atoms with Crippen LogP contribution in [-0.4, -0.2) is 11.1 Å². The lowest BCUT2D eigenvalue weighted by molar-refractivity contribution is -0.140. The third kappa shape index (κ3) is 5.30. The molecule has 0 radical (unpaired) electrons. The maximum Gasteiger partial charge on any atom is 0.332 e. The summed E-state index contributed by atoms with van der Waals surface area (Å²) in [7, 11) is 0. The van der Waals surface area contributed by atoms with Crippen molar-refractivity contribution in [3.8, 4) is 0 Å². The molecule has 52 valence electrons. The van der Waals surface area contributed by atoms with Crippen LogP contribution in [0.15, 0.2) is 5.16 Å². The Kier molecular flexibility index (Phi) is 4.05. The summed E-state index contributed by atoms with van der Waals surface area (Å²) in [5.41, 5.74) is 0. The zero-order chi connectivity index (χ0) is 7.28. The van der Waals surface area contributed by atoms with Crippen LogP contribution in [0.5, 0.6) is 0 Å². The first-order valence-electron chi connectivity index (χ1n) is 2.56. The van der Waals surface area contributed by atoms with Crippen LogP contribution >= 0.6 is 11.6 Å². The molecule has 0 bridgehead atoms. The summed E-state index contributed by atoms with van der Waals surface area (Å²) in [4.78, 5) is 14.3. The smallest absolute Gasteiger partial charge is 0.317 e. The van der Waals surface area contributed by atoms with Crippen molar-refractivity contribution < 1.29 is 9.63 Å². The average Bonchev–Trinajstić information content (AvgIpc) is 1.83. The lowest BCUT2D eigenvalue weighted by Crippen LogP contribution is -1.93. The molecule has 0 saturated carbocycles.